The number of likely N-dealkylation sites (N-methyl/N-ethyl adjacent to an activating group) is 2. The molecule has 2 unspecified atom stereocenters. The standard InChI is InChI=1S/C16H36N4O/c1-6-17-16(3,14-21)13-15(2)20-11-9-19(10-12-20)8-7-18(4)5/h15,17,21H,6-14H2,1-5H3. The van der Waals surface area contributed by atoms with Crippen LogP contribution >= 0.6 is 0 Å². The maximum Gasteiger partial charge on any atom is 0.0611 e. The van der Waals surface area contributed by atoms with Crippen LogP contribution in [-0.4, -0.2) is 97.9 Å². The zero-order valence-corrected chi connectivity index (χ0v) is 14.7. The third kappa shape index (κ3) is 6.61. The number of nitrogens with zero attached hydrogens (tertiary/aromatic N) is 3. The Kier molecular flexibility index (Phi) is 8.13. The molecule has 21 heavy (non-hydrogen) atoms. The predicted molar refractivity (Wildman–Crippen MR) is 89.8 cm³/mol. The van der Waals surface area contributed by atoms with Crippen LogP contribution in [0.5, 0.6) is 0 Å². The number of piperazine rings is 1. The second kappa shape index (κ2) is 9.06. The molecule has 0 aromatic carbocycles. The van der Waals surface area contributed by atoms with E-state index in [1.807, 2.05) is 0 Å². The number of aliphatic hydroxyl groups is 1. The normalized spacial score (nSPS) is 22.4. The summed E-state index contributed by atoms with van der Waals surface area (Å²) in [4.78, 5) is 7.37. The lowest BCUT2D eigenvalue weighted by molar-refractivity contribution is 0.0697. The molecule has 2 N–H and O–H groups in total. The molecule has 5 nitrogen and oxygen atoms in total. The van der Waals surface area contributed by atoms with E-state index < -0.39 is 0 Å². The summed E-state index contributed by atoms with van der Waals surface area (Å²) in [7, 11) is 4.27. The first-order valence-electron chi connectivity index (χ1n) is 8.37. The minimum atomic E-state index is -0.157. The van der Waals surface area contributed by atoms with Gasteiger partial charge in [-0.2, -0.15) is 0 Å². The Morgan fingerprint density at radius 3 is 2.33 bits per heavy atom. The maximum absolute atomic E-state index is 9.63. The van der Waals surface area contributed by atoms with Gasteiger partial charge in [0.05, 0.1) is 6.61 Å². The largest absolute Gasteiger partial charge is 0.394 e. The van der Waals surface area contributed by atoms with Gasteiger partial charge in [0.25, 0.3) is 0 Å². The molecule has 5 heteroatoms. The van der Waals surface area contributed by atoms with Crippen LogP contribution in [0.4, 0.5) is 0 Å². The van der Waals surface area contributed by atoms with E-state index >= 15 is 0 Å². The first-order valence-corrected chi connectivity index (χ1v) is 8.37. The summed E-state index contributed by atoms with van der Waals surface area (Å²) < 4.78 is 0. The molecule has 1 heterocycles. The van der Waals surface area contributed by atoms with Crippen molar-refractivity contribution in [3.63, 3.8) is 0 Å². The van der Waals surface area contributed by atoms with Crippen molar-refractivity contribution in [3.05, 3.63) is 0 Å². The molecule has 1 rings (SSSR count). The van der Waals surface area contributed by atoms with E-state index in [1.54, 1.807) is 0 Å². The topological polar surface area (TPSA) is 42.0 Å². The molecule has 0 spiro atoms. The van der Waals surface area contributed by atoms with Gasteiger partial charge in [0.2, 0.25) is 0 Å². The van der Waals surface area contributed by atoms with Crippen molar-refractivity contribution in [2.75, 3.05) is 66.5 Å². The molecule has 0 bridgehead atoms. The second-order valence-electron chi connectivity index (χ2n) is 6.98. The van der Waals surface area contributed by atoms with Crippen molar-refractivity contribution >= 4 is 0 Å². The first-order chi connectivity index (χ1) is 9.90. The summed E-state index contributed by atoms with van der Waals surface area (Å²) in [5.74, 6) is 0. The Labute approximate surface area is 131 Å². The molecule has 1 aliphatic heterocycles. The Hall–Kier alpha value is -0.200. The Bertz CT molecular complexity index is 279. The summed E-state index contributed by atoms with van der Waals surface area (Å²) >= 11 is 0. The predicted octanol–water partition coefficient (Wildman–Crippen LogP) is 0.305. The van der Waals surface area contributed by atoms with E-state index in [2.05, 4.69) is 54.9 Å². The van der Waals surface area contributed by atoms with Gasteiger partial charge in [-0.1, -0.05) is 6.92 Å². The quantitative estimate of drug-likeness (QED) is 0.641. The van der Waals surface area contributed by atoms with Crippen LogP contribution in [0.2, 0.25) is 0 Å². The second-order valence-corrected chi connectivity index (χ2v) is 6.98. The molecular formula is C16H36N4O. The lowest BCUT2D eigenvalue weighted by Gasteiger charge is -2.41. The van der Waals surface area contributed by atoms with Crippen LogP contribution in [0.1, 0.15) is 27.2 Å². The highest BCUT2D eigenvalue weighted by Gasteiger charge is 2.29. The summed E-state index contributed by atoms with van der Waals surface area (Å²) in [5, 5.41) is 13.1. The average Bonchev–Trinajstić information content (AvgIpc) is 2.45. The molecular weight excluding hydrogens is 264 g/mol. The van der Waals surface area contributed by atoms with Crippen LogP contribution in [0.25, 0.3) is 0 Å². The Balaban J connectivity index is 2.35. The van der Waals surface area contributed by atoms with Crippen molar-refractivity contribution in [3.8, 4) is 0 Å². The summed E-state index contributed by atoms with van der Waals surface area (Å²) in [5.41, 5.74) is -0.157. The van der Waals surface area contributed by atoms with Gasteiger partial charge in [-0.15, -0.1) is 0 Å². The zero-order valence-electron chi connectivity index (χ0n) is 14.7. The van der Waals surface area contributed by atoms with Gasteiger partial charge in [-0.3, -0.25) is 9.80 Å². The molecule has 126 valence electrons. The monoisotopic (exact) mass is 300 g/mol. The van der Waals surface area contributed by atoms with Gasteiger partial charge in [0, 0.05) is 50.8 Å². The van der Waals surface area contributed by atoms with Crippen molar-refractivity contribution in [2.45, 2.75) is 38.8 Å². The minimum absolute atomic E-state index is 0.157. The van der Waals surface area contributed by atoms with Crippen LogP contribution < -0.4 is 5.32 Å². The number of aliphatic hydroxyl groups excluding tert-OH is 1. The van der Waals surface area contributed by atoms with Crippen LogP contribution in [-0.2, 0) is 0 Å². The van der Waals surface area contributed by atoms with Gasteiger partial charge in [0.1, 0.15) is 0 Å². The molecule has 0 saturated carbocycles. The van der Waals surface area contributed by atoms with E-state index in [1.165, 1.54) is 6.54 Å². The molecule has 0 aliphatic carbocycles. The third-order valence-electron chi connectivity index (χ3n) is 4.59. The maximum atomic E-state index is 9.63. The molecule has 1 saturated heterocycles. The SMILES string of the molecule is CCNC(C)(CO)CC(C)N1CCN(CCN(C)C)CC1. The average molecular weight is 300 g/mol. The van der Waals surface area contributed by atoms with E-state index in [0.29, 0.717) is 6.04 Å². The summed E-state index contributed by atoms with van der Waals surface area (Å²) in [6.07, 6.45) is 0.995. The van der Waals surface area contributed by atoms with Crippen molar-refractivity contribution in [1.82, 2.24) is 20.0 Å². The smallest absolute Gasteiger partial charge is 0.0611 e. The lowest BCUT2D eigenvalue weighted by Crippen LogP contribution is -2.55. The number of hydrogen-bond donors (Lipinski definition) is 2. The third-order valence-corrected chi connectivity index (χ3v) is 4.59. The Morgan fingerprint density at radius 1 is 1.24 bits per heavy atom. The van der Waals surface area contributed by atoms with E-state index in [4.69, 9.17) is 0 Å². The van der Waals surface area contributed by atoms with Crippen LogP contribution in [0.3, 0.4) is 0 Å². The first kappa shape index (κ1) is 18.8. The van der Waals surface area contributed by atoms with Gasteiger partial charge < -0.3 is 15.3 Å². The van der Waals surface area contributed by atoms with Gasteiger partial charge in [0.15, 0.2) is 0 Å². The lowest BCUT2D eigenvalue weighted by atomic mass is 9.93. The Morgan fingerprint density at radius 2 is 1.86 bits per heavy atom. The van der Waals surface area contributed by atoms with Crippen molar-refractivity contribution < 1.29 is 5.11 Å². The molecule has 1 fully saturated rings. The van der Waals surface area contributed by atoms with Crippen molar-refractivity contribution in [2.24, 2.45) is 0 Å². The number of nitrogens with one attached hydrogen (secondary N) is 1. The number of hydrogen-bond acceptors (Lipinski definition) is 5. The highest BCUT2D eigenvalue weighted by Crippen LogP contribution is 2.17. The van der Waals surface area contributed by atoms with Gasteiger partial charge >= 0.3 is 0 Å². The minimum Gasteiger partial charge on any atom is -0.394 e. The summed E-state index contributed by atoms with van der Waals surface area (Å²) in [6, 6.07) is 0.511. The molecule has 2 atom stereocenters. The molecule has 0 aromatic heterocycles. The van der Waals surface area contributed by atoms with E-state index in [-0.39, 0.29) is 12.1 Å². The fourth-order valence-corrected chi connectivity index (χ4v) is 3.17. The van der Waals surface area contributed by atoms with E-state index in [9.17, 15) is 5.11 Å². The highest BCUT2D eigenvalue weighted by molar-refractivity contribution is 4.88. The number of rotatable bonds is 9. The molecule has 0 radical (unpaired) electrons. The fourth-order valence-electron chi connectivity index (χ4n) is 3.17. The van der Waals surface area contributed by atoms with Crippen molar-refractivity contribution in [1.29, 1.82) is 0 Å². The highest BCUT2D eigenvalue weighted by atomic mass is 16.3. The van der Waals surface area contributed by atoms with E-state index in [0.717, 1.165) is 45.7 Å². The van der Waals surface area contributed by atoms with Crippen LogP contribution in [0, 0.1) is 0 Å². The molecule has 0 amide bonds. The van der Waals surface area contributed by atoms with Gasteiger partial charge in [-0.05, 0) is 40.9 Å². The molecule has 1 aliphatic rings. The fraction of sp³-hybridized carbons (Fsp3) is 1.00. The zero-order chi connectivity index (χ0) is 15.9. The summed E-state index contributed by atoms with van der Waals surface area (Å²) in [6.45, 7) is 14.5. The van der Waals surface area contributed by atoms with Gasteiger partial charge in [-0.25, -0.2) is 0 Å². The van der Waals surface area contributed by atoms with Crippen LogP contribution in [0.15, 0.2) is 0 Å². The molecule has 0 aromatic rings.